The lowest BCUT2D eigenvalue weighted by molar-refractivity contribution is -0.130. The van der Waals surface area contributed by atoms with Crippen molar-refractivity contribution in [1.29, 1.82) is 0 Å². The maximum absolute atomic E-state index is 13.0. The molecule has 1 aromatic heterocycles. The van der Waals surface area contributed by atoms with Crippen molar-refractivity contribution < 1.29 is 4.79 Å². The van der Waals surface area contributed by atoms with Gasteiger partial charge >= 0.3 is 0 Å². The lowest BCUT2D eigenvalue weighted by Crippen LogP contribution is -2.50. The molecule has 0 bridgehead atoms. The van der Waals surface area contributed by atoms with E-state index >= 15 is 0 Å². The maximum atomic E-state index is 13.0. The third-order valence-electron chi connectivity index (χ3n) is 6.59. The van der Waals surface area contributed by atoms with Gasteiger partial charge in [0, 0.05) is 38.6 Å². The van der Waals surface area contributed by atoms with Gasteiger partial charge in [-0.15, -0.1) is 16.8 Å². The maximum Gasteiger partial charge on any atom is 0.233 e. The number of benzene rings is 2. The predicted octanol–water partition coefficient (Wildman–Crippen LogP) is 4.37. The molecule has 2 fully saturated rings. The molecular weight excluding hydrogens is 442 g/mol. The predicted molar refractivity (Wildman–Crippen MR) is 136 cm³/mol. The van der Waals surface area contributed by atoms with Crippen molar-refractivity contribution >= 4 is 17.7 Å². The van der Waals surface area contributed by atoms with E-state index in [0.717, 1.165) is 37.2 Å². The highest BCUT2D eigenvalue weighted by molar-refractivity contribution is 7.99. The van der Waals surface area contributed by atoms with Crippen LogP contribution >= 0.6 is 11.8 Å². The van der Waals surface area contributed by atoms with E-state index in [0.29, 0.717) is 18.2 Å². The fourth-order valence-electron chi connectivity index (χ4n) is 4.68. The van der Waals surface area contributed by atoms with Crippen molar-refractivity contribution in [3.05, 3.63) is 90.3 Å². The number of amides is 1. The van der Waals surface area contributed by atoms with Crippen molar-refractivity contribution in [3.63, 3.8) is 0 Å². The first kappa shape index (κ1) is 22.9. The molecule has 5 rings (SSSR count). The molecule has 1 saturated carbocycles. The van der Waals surface area contributed by atoms with Crippen LogP contribution in [0, 0.1) is 0 Å². The van der Waals surface area contributed by atoms with Gasteiger partial charge in [-0.2, -0.15) is 0 Å². The molecule has 34 heavy (non-hydrogen) atoms. The molecule has 0 radical (unpaired) electrons. The van der Waals surface area contributed by atoms with Crippen molar-refractivity contribution in [2.75, 3.05) is 31.9 Å². The number of carbonyl (C=O) groups is 1. The number of hydrogen-bond acceptors (Lipinski definition) is 5. The van der Waals surface area contributed by atoms with E-state index in [-0.39, 0.29) is 11.9 Å². The smallest absolute Gasteiger partial charge is 0.233 e. The first-order chi connectivity index (χ1) is 16.7. The Bertz CT molecular complexity index is 1070. The second-order valence-corrected chi connectivity index (χ2v) is 9.89. The summed E-state index contributed by atoms with van der Waals surface area (Å²) in [5.41, 5.74) is 2.58. The lowest BCUT2D eigenvalue weighted by atomic mass is 9.96. The van der Waals surface area contributed by atoms with Crippen LogP contribution in [0.2, 0.25) is 0 Å². The highest BCUT2D eigenvalue weighted by Gasteiger charge is 2.31. The van der Waals surface area contributed by atoms with Crippen LogP contribution < -0.4 is 0 Å². The van der Waals surface area contributed by atoms with E-state index in [1.54, 1.807) is 0 Å². The van der Waals surface area contributed by atoms with Crippen molar-refractivity contribution in [3.8, 4) is 0 Å². The zero-order valence-corrected chi connectivity index (χ0v) is 20.2. The van der Waals surface area contributed by atoms with Crippen LogP contribution in [0.25, 0.3) is 0 Å². The minimum absolute atomic E-state index is 0.168. The number of nitrogens with zero attached hydrogens (tertiary/aromatic N) is 5. The largest absolute Gasteiger partial charge is 0.339 e. The zero-order chi connectivity index (χ0) is 23.3. The summed E-state index contributed by atoms with van der Waals surface area (Å²) in [6.45, 7) is 7.73. The highest BCUT2D eigenvalue weighted by atomic mass is 32.2. The minimum Gasteiger partial charge on any atom is -0.339 e. The van der Waals surface area contributed by atoms with Gasteiger partial charge in [0.05, 0.1) is 11.8 Å². The van der Waals surface area contributed by atoms with Crippen LogP contribution in [0.1, 0.15) is 41.8 Å². The van der Waals surface area contributed by atoms with E-state index in [1.165, 1.54) is 35.7 Å². The normalized spacial score (nSPS) is 16.7. The van der Waals surface area contributed by atoms with Gasteiger partial charge in [-0.25, -0.2) is 0 Å². The Morgan fingerprint density at radius 1 is 0.971 bits per heavy atom. The summed E-state index contributed by atoms with van der Waals surface area (Å²) in [6, 6.07) is 21.5. The van der Waals surface area contributed by atoms with Crippen molar-refractivity contribution in [1.82, 2.24) is 24.6 Å². The van der Waals surface area contributed by atoms with E-state index in [9.17, 15) is 4.79 Å². The third-order valence-corrected chi connectivity index (χ3v) is 7.54. The average Bonchev–Trinajstić information content (AvgIpc) is 3.66. The molecular formula is C27H31N5OS. The molecule has 0 N–H and O–H groups in total. The topological polar surface area (TPSA) is 54.3 Å². The molecule has 1 aliphatic carbocycles. The van der Waals surface area contributed by atoms with Crippen molar-refractivity contribution in [2.45, 2.75) is 36.5 Å². The Hall–Kier alpha value is -2.90. The number of rotatable bonds is 9. The summed E-state index contributed by atoms with van der Waals surface area (Å²) in [6.07, 6.45) is 4.22. The molecule has 2 aliphatic rings. The molecule has 176 valence electrons. The van der Waals surface area contributed by atoms with Gasteiger partial charge in [0.1, 0.15) is 5.82 Å². The van der Waals surface area contributed by atoms with E-state index in [4.69, 9.17) is 0 Å². The molecule has 0 atom stereocenters. The molecule has 2 aromatic carbocycles. The summed E-state index contributed by atoms with van der Waals surface area (Å²) >= 11 is 1.49. The summed E-state index contributed by atoms with van der Waals surface area (Å²) in [5.74, 6) is 2.12. The summed E-state index contributed by atoms with van der Waals surface area (Å²) in [5, 5.41) is 9.57. The first-order valence-corrected chi connectivity index (χ1v) is 13.0. The molecule has 0 spiro atoms. The van der Waals surface area contributed by atoms with Gasteiger partial charge in [0.15, 0.2) is 5.16 Å². The van der Waals surface area contributed by atoms with E-state index < -0.39 is 0 Å². The summed E-state index contributed by atoms with van der Waals surface area (Å²) < 4.78 is 2.12. The Labute approximate surface area is 205 Å². The standard InChI is InChI=1S/C27H31N5OS/c1-2-15-32-26(23-13-14-23)28-29-27(32)34-20-24(33)30-16-18-31(19-17-30)25(21-9-5-3-6-10-21)22-11-7-4-8-12-22/h2-12,23,25H,1,13-20H2. The Kier molecular flexibility index (Phi) is 7.11. The Morgan fingerprint density at radius 2 is 1.59 bits per heavy atom. The van der Waals surface area contributed by atoms with E-state index in [2.05, 4.69) is 86.9 Å². The quantitative estimate of drug-likeness (QED) is 0.341. The second kappa shape index (κ2) is 10.6. The molecule has 3 aromatic rings. The lowest BCUT2D eigenvalue weighted by Gasteiger charge is -2.39. The van der Waals surface area contributed by atoms with Gasteiger partial charge in [-0.05, 0) is 24.0 Å². The summed E-state index contributed by atoms with van der Waals surface area (Å²) in [4.78, 5) is 17.5. The highest BCUT2D eigenvalue weighted by Crippen LogP contribution is 2.40. The van der Waals surface area contributed by atoms with Gasteiger partial charge in [-0.1, -0.05) is 78.5 Å². The molecule has 1 amide bonds. The number of thioether (sulfide) groups is 1. The fraction of sp³-hybridized carbons (Fsp3) is 0.370. The van der Waals surface area contributed by atoms with Crippen molar-refractivity contribution in [2.24, 2.45) is 0 Å². The average molecular weight is 474 g/mol. The molecule has 2 heterocycles. The monoisotopic (exact) mass is 473 g/mol. The molecule has 1 saturated heterocycles. The van der Waals surface area contributed by atoms with Gasteiger partial charge in [-0.3, -0.25) is 9.69 Å². The first-order valence-electron chi connectivity index (χ1n) is 12.0. The SMILES string of the molecule is C=CCn1c(SCC(=O)N2CCN(C(c3ccccc3)c3ccccc3)CC2)nnc1C1CC1. The van der Waals surface area contributed by atoms with Gasteiger partial charge < -0.3 is 9.47 Å². The number of allylic oxidation sites excluding steroid dienone is 1. The van der Waals surface area contributed by atoms with Gasteiger partial charge in [0.25, 0.3) is 0 Å². The number of piperazine rings is 1. The summed E-state index contributed by atoms with van der Waals surface area (Å²) in [7, 11) is 0. The fourth-order valence-corrected chi connectivity index (χ4v) is 5.54. The van der Waals surface area contributed by atoms with Crippen LogP contribution in [0.3, 0.4) is 0 Å². The van der Waals surface area contributed by atoms with Crippen LogP contribution in [-0.2, 0) is 11.3 Å². The Morgan fingerprint density at radius 3 is 2.15 bits per heavy atom. The second-order valence-electron chi connectivity index (χ2n) is 8.94. The third kappa shape index (κ3) is 5.10. The van der Waals surface area contributed by atoms with E-state index in [1.807, 2.05) is 11.0 Å². The van der Waals surface area contributed by atoms with Gasteiger partial charge in [0.2, 0.25) is 5.91 Å². The van der Waals surface area contributed by atoms with Crippen LogP contribution in [-0.4, -0.2) is 62.4 Å². The van der Waals surface area contributed by atoms with Crippen LogP contribution in [0.4, 0.5) is 0 Å². The van der Waals surface area contributed by atoms with Crippen LogP contribution in [0.5, 0.6) is 0 Å². The molecule has 7 heteroatoms. The number of hydrogen-bond donors (Lipinski definition) is 0. The minimum atomic E-state index is 0.168. The molecule has 0 unspecified atom stereocenters. The number of carbonyl (C=O) groups excluding carboxylic acids is 1. The van der Waals surface area contributed by atoms with Crippen LogP contribution in [0.15, 0.2) is 78.5 Å². The zero-order valence-electron chi connectivity index (χ0n) is 19.4. The Balaban J connectivity index is 1.21. The number of aromatic nitrogens is 3. The molecule has 6 nitrogen and oxygen atoms in total. The molecule has 1 aliphatic heterocycles.